The Bertz CT molecular complexity index is 270. The molecule has 1 rings (SSSR count). The third kappa shape index (κ3) is 1.56. The average Bonchev–Trinajstić information content (AvgIpc) is 1.97. The van der Waals surface area contributed by atoms with Crippen molar-refractivity contribution in [1.82, 2.24) is 0 Å². The van der Waals surface area contributed by atoms with Crippen molar-refractivity contribution in [3.8, 4) is 5.75 Å². The molecule has 0 amide bonds. The van der Waals surface area contributed by atoms with E-state index in [2.05, 4.69) is 0 Å². The summed E-state index contributed by atoms with van der Waals surface area (Å²) in [5, 5.41) is 9.88. The molecular formula is C7H5Cl3O. The second-order valence-corrected chi connectivity index (χ2v) is 3.31. The van der Waals surface area contributed by atoms with E-state index in [0.29, 0.717) is 10.6 Å². The van der Waals surface area contributed by atoms with E-state index in [1.807, 2.05) is 0 Å². The van der Waals surface area contributed by atoms with E-state index in [1.165, 1.54) is 0 Å². The Kier molecular flexibility index (Phi) is 2.53. The number of hydrogen-bond acceptors (Lipinski definition) is 1. The first-order valence-electron chi connectivity index (χ1n) is 2.87. The van der Waals surface area contributed by atoms with Crippen LogP contribution in [0.5, 0.6) is 5.75 Å². The van der Waals surface area contributed by atoms with Crippen LogP contribution in [0.2, 0.25) is 15.1 Å². The summed E-state index contributed by atoms with van der Waals surface area (Å²) >= 11 is 16.9. The van der Waals surface area contributed by atoms with Gasteiger partial charge in [0.1, 0.15) is 5.02 Å². The molecule has 0 saturated carbocycles. The van der Waals surface area contributed by atoms with Crippen LogP contribution in [-0.2, 0) is 0 Å². The van der Waals surface area contributed by atoms with E-state index >= 15 is 0 Å². The number of hydrogen-bond donors (Lipinski definition) is 1. The first-order valence-corrected chi connectivity index (χ1v) is 4.00. The molecule has 11 heavy (non-hydrogen) atoms. The molecule has 0 atom stereocenters. The SMILES string of the molecule is Cc1cc(Cl)c(Cl)c(O)c1Cl. The smallest absolute Gasteiger partial charge is 0.154 e. The van der Waals surface area contributed by atoms with Crippen LogP contribution in [-0.4, -0.2) is 5.11 Å². The number of aryl methyl sites for hydroxylation is 1. The van der Waals surface area contributed by atoms with Crippen molar-refractivity contribution in [2.24, 2.45) is 0 Å². The van der Waals surface area contributed by atoms with E-state index in [4.69, 9.17) is 34.8 Å². The molecule has 0 saturated heterocycles. The molecule has 1 N–H and O–H groups in total. The zero-order valence-electron chi connectivity index (χ0n) is 5.66. The van der Waals surface area contributed by atoms with Gasteiger partial charge in [0.15, 0.2) is 5.75 Å². The molecule has 0 aliphatic carbocycles. The van der Waals surface area contributed by atoms with Crippen LogP contribution in [0.4, 0.5) is 0 Å². The largest absolute Gasteiger partial charge is 0.505 e. The molecule has 1 aromatic carbocycles. The number of rotatable bonds is 0. The zero-order valence-corrected chi connectivity index (χ0v) is 7.93. The molecule has 1 aromatic rings. The Morgan fingerprint density at radius 2 is 1.73 bits per heavy atom. The minimum Gasteiger partial charge on any atom is -0.505 e. The van der Waals surface area contributed by atoms with Gasteiger partial charge in [-0.1, -0.05) is 34.8 Å². The minimum absolute atomic E-state index is 0.0993. The highest BCUT2D eigenvalue weighted by Crippen LogP contribution is 2.39. The maximum Gasteiger partial charge on any atom is 0.154 e. The highest BCUT2D eigenvalue weighted by Gasteiger charge is 2.10. The van der Waals surface area contributed by atoms with Crippen LogP contribution in [0.1, 0.15) is 5.56 Å². The lowest BCUT2D eigenvalue weighted by Crippen LogP contribution is -1.78. The van der Waals surface area contributed by atoms with Crippen molar-refractivity contribution in [2.75, 3.05) is 0 Å². The Morgan fingerprint density at radius 3 is 2.27 bits per heavy atom. The first kappa shape index (κ1) is 8.98. The Labute approximate surface area is 79.5 Å². The predicted molar refractivity (Wildman–Crippen MR) is 47.9 cm³/mol. The van der Waals surface area contributed by atoms with Crippen molar-refractivity contribution < 1.29 is 5.11 Å². The van der Waals surface area contributed by atoms with Gasteiger partial charge < -0.3 is 5.11 Å². The summed E-state index contributed by atoms with van der Waals surface area (Å²) in [6.45, 7) is 1.74. The lowest BCUT2D eigenvalue weighted by Gasteiger charge is -2.04. The van der Waals surface area contributed by atoms with Gasteiger partial charge in [-0.3, -0.25) is 0 Å². The molecule has 0 aliphatic heterocycles. The van der Waals surface area contributed by atoms with Crippen molar-refractivity contribution in [3.05, 3.63) is 26.7 Å². The average molecular weight is 211 g/mol. The summed E-state index contributed by atoms with van der Waals surface area (Å²) in [4.78, 5) is 0. The van der Waals surface area contributed by atoms with Crippen LogP contribution >= 0.6 is 34.8 Å². The highest BCUT2D eigenvalue weighted by molar-refractivity contribution is 6.44. The Morgan fingerprint density at radius 1 is 1.18 bits per heavy atom. The van der Waals surface area contributed by atoms with Crippen LogP contribution in [0.25, 0.3) is 0 Å². The van der Waals surface area contributed by atoms with Crippen molar-refractivity contribution in [2.45, 2.75) is 6.92 Å². The maximum absolute atomic E-state index is 9.22. The number of phenolic OH excluding ortho intramolecular Hbond substituents is 1. The van der Waals surface area contributed by atoms with Gasteiger partial charge in [-0.2, -0.15) is 0 Å². The summed E-state index contributed by atoms with van der Waals surface area (Å²) in [5.74, 6) is -0.154. The topological polar surface area (TPSA) is 20.2 Å². The van der Waals surface area contributed by atoms with Gasteiger partial charge >= 0.3 is 0 Å². The maximum atomic E-state index is 9.22. The number of halogens is 3. The van der Waals surface area contributed by atoms with Gasteiger partial charge in [0, 0.05) is 0 Å². The molecule has 4 heteroatoms. The summed E-state index contributed by atoms with van der Waals surface area (Å²) in [6.07, 6.45) is 0. The molecule has 1 nitrogen and oxygen atoms in total. The molecule has 0 unspecified atom stereocenters. The monoisotopic (exact) mass is 210 g/mol. The molecule has 0 bridgehead atoms. The second kappa shape index (κ2) is 3.10. The van der Waals surface area contributed by atoms with E-state index in [-0.39, 0.29) is 15.8 Å². The summed E-state index contributed by atoms with van der Waals surface area (Å²) in [5.41, 5.74) is 0.707. The van der Waals surface area contributed by atoms with Crippen LogP contribution < -0.4 is 0 Å². The quantitative estimate of drug-likeness (QED) is 0.649. The molecule has 0 fully saturated rings. The van der Waals surface area contributed by atoms with E-state index < -0.39 is 0 Å². The van der Waals surface area contributed by atoms with Crippen molar-refractivity contribution in [3.63, 3.8) is 0 Å². The summed E-state index contributed by atoms with van der Waals surface area (Å²) in [6, 6.07) is 1.60. The third-order valence-corrected chi connectivity index (χ3v) is 2.57. The van der Waals surface area contributed by atoms with Crippen LogP contribution in [0, 0.1) is 6.92 Å². The molecule has 0 aromatic heterocycles. The number of phenols is 1. The summed E-state index contributed by atoms with van der Waals surface area (Å²) in [7, 11) is 0. The number of benzene rings is 1. The highest BCUT2D eigenvalue weighted by atomic mass is 35.5. The van der Waals surface area contributed by atoms with Gasteiger partial charge in [0.05, 0.1) is 10.0 Å². The van der Waals surface area contributed by atoms with Crippen molar-refractivity contribution in [1.29, 1.82) is 0 Å². The lowest BCUT2D eigenvalue weighted by molar-refractivity contribution is 0.475. The molecule has 0 radical (unpaired) electrons. The molecule has 0 heterocycles. The first-order chi connectivity index (χ1) is 5.04. The van der Waals surface area contributed by atoms with Crippen LogP contribution in [0.3, 0.4) is 0 Å². The van der Waals surface area contributed by atoms with Gasteiger partial charge in [-0.25, -0.2) is 0 Å². The standard InChI is InChI=1S/C7H5Cl3O/c1-3-2-4(8)6(10)7(11)5(3)9/h2,11H,1H3. The normalized spacial score (nSPS) is 10.2. The zero-order chi connectivity index (χ0) is 8.59. The van der Waals surface area contributed by atoms with Crippen LogP contribution in [0.15, 0.2) is 6.07 Å². The molecule has 60 valence electrons. The molecule has 0 aliphatic rings. The lowest BCUT2D eigenvalue weighted by atomic mass is 10.2. The number of aromatic hydroxyl groups is 1. The second-order valence-electron chi connectivity index (χ2n) is 2.15. The fraction of sp³-hybridized carbons (Fsp3) is 0.143. The Hall–Kier alpha value is -0.110. The van der Waals surface area contributed by atoms with E-state index in [0.717, 1.165) is 0 Å². The minimum atomic E-state index is -0.154. The Balaban J connectivity index is 3.46. The van der Waals surface area contributed by atoms with E-state index in [1.54, 1.807) is 13.0 Å². The van der Waals surface area contributed by atoms with Gasteiger partial charge in [-0.05, 0) is 18.6 Å². The van der Waals surface area contributed by atoms with Gasteiger partial charge in [0.25, 0.3) is 0 Å². The van der Waals surface area contributed by atoms with Crippen molar-refractivity contribution >= 4 is 34.8 Å². The third-order valence-electron chi connectivity index (χ3n) is 1.31. The fourth-order valence-corrected chi connectivity index (χ4v) is 1.31. The summed E-state index contributed by atoms with van der Waals surface area (Å²) < 4.78 is 0. The van der Waals surface area contributed by atoms with Gasteiger partial charge in [-0.15, -0.1) is 0 Å². The van der Waals surface area contributed by atoms with E-state index in [9.17, 15) is 5.11 Å². The molecular weight excluding hydrogens is 206 g/mol. The fourth-order valence-electron chi connectivity index (χ4n) is 0.713. The predicted octanol–water partition coefficient (Wildman–Crippen LogP) is 3.66. The van der Waals surface area contributed by atoms with Gasteiger partial charge in [0.2, 0.25) is 0 Å². The molecule has 0 spiro atoms.